The predicted octanol–water partition coefficient (Wildman–Crippen LogP) is 6.07. The maximum absolute atomic E-state index is 14.8. The fourth-order valence-corrected chi connectivity index (χ4v) is 6.76. The van der Waals surface area contributed by atoms with Crippen molar-refractivity contribution in [3.8, 4) is 11.5 Å². The van der Waals surface area contributed by atoms with Gasteiger partial charge in [0.05, 0.1) is 24.8 Å². The second-order valence-corrected chi connectivity index (χ2v) is 13.8. The molecule has 0 aliphatic heterocycles. The molecule has 0 saturated carbocycles. The molecule has 0 radical (unpaired) electrons. The summed E-state index contributed by atoms with van der Waals surface area (Å²) in [6, 6.07) is 27.3. The Hall–Kier alpha value is -4.83. The van der Waals surface area contributed by atoms with Gasteiger partial charge in [-0.3, -0.25) is 13.9 Å². The van der Waals surface area contributed by atoms with Gasteiger partial charge in [0, 0.05) is 25.1 Å². The third-order valence-corrected chi connectivity index (χ3v) is 10.0. The smallest absolute Gasteiger partial charge is 0.264 e. The van der Waals surface area contributed by atoms with Crippen molar-refractivity contribution in [1.82, 2.24) is 10.2 Å². The molecule has 0 spiro atoms. The van der Waals surface area contributed by atoms with E-state index in [2.05, 4.69) is 5.32 Å². The van der Waals surface area contributed by atoms with Crippen molar-refractivity contribution in [2.75, 3.05) is 25.1 Å². The molecule has 48 heavy (non-hydrogen) atoms. The van der Waals surface area contributed by atoms with Crippen LogP contribution in [0.4, 0.5) is 5.69 Å². The Labute approximate surface area is 284 Å². The zero-order chi connectivity index (χ0) is 34.8. The Morgan fingerprint density at radius 2 is 1.50 bits per heavy atom. The van der Waals surface area contributed by atoms with Crippen molar-refractivity contribution >= 4 is 27.5 Å². The number of benzene rings is 4. The number of methoxy groups -OCH3 is 2. The summed E-state index contributed by atoms with van der Waals surface area (Å²) >= 11 is 0. The van der Waals surface area contributed by atoms with Crippen LogP contribution in [0.5, 0.6) is 11.5 Å². The van der Waals surface area contributed by atoms with E-state index in [-0.39, 0.29) is 41.2 Å². The lowest BCUT2D eigenvalue weighted by molar-refractivity contribution is -0.140. The number of ether oxygens (including phenoxy) is 2. The van der Waals surface area contributed by atoms with Gasteiger partial charge >= 0.3 is 0 Å². The topological polar surface area (TPSA) is 105 Å². The van der Waals surface area contributed by atoms with Crippen LogP contribution in [-0.2, 0) is 32.6 Å². The Morgan fingerprint density at radius 3 is 2.12 bits per heavy atom. The van der Waals surface area contributed by atoms with Crippen LogP contribution in [0.3, 0.4) is 0 Å². The van der Waals surface area contributed by atoms with Crippen LogP contribution in [0.2, 0.25) is 0 Å². The summed E-state index contributed by atoms with van der Waals surface area (Å²) in [6.45, 7) is 7.19. The maximum Gasteiger partial charge on any atom is 0.264 e. The van der Waals surface area contributed by atoms with Crippen molar-refractivity contribution < 1.29 is 27.5 Å². The first-order valence-corrected chi connectivity index (χ1v) is 17.4. The van der Waals surface area contributed by atoms with Crippen LogP contribution in [0.15, 0.2) is 102 Å². The minimum atomic E-state index is -4.31. The van der Waals surface area contributed by atoms with E-state index in [1.54, 1.807) is 24.3 Å². The molecular weight excluding hydrogens is 627 g/mol. The van der Waals surface area contributed by atoms with Gasteiger partial charge in [-0.25, -0.2) is 8.42 Å². The third-order valence-electron chi connectivity index (χ3n) is 8.25. The number of hydrogen-bond donors (Lipinski definition) is 1. The zero-order valence-corrected chi connectivity index (χ0v) is 29.3. The van der Waals surface area contributed by atoms with Gasteiger partial charge in [-0.15, -0.1) is 0 Å². The molecule has 0 unspecified atom stereocenters. The molecule has 9 nitrogen and oxygen atoms in total. The fraction of sp³-hybridized carbons (Fsp3) is 0.316. The number of nitrogens with one attached hydrogen (secondary N) is 1. The number of rotatable bonds is 15. The van der Waals surface area contributed by atoms with Gasteiger partial charge in [0.15, 0.2) is 0 Å². The average molecular weight is 672 g/mol. The Bertz CT molecular complexity index is 1800. The zero-order valence-electron chi connectivity index (χ0n) is 28.5. The van der Waals surface area contributed by atoms with Crippen LogP contribution in [-0.4, -0.2) is 58.0 Å². The molecular formula is C38H45N3O6S. The van der Waals surface area contributed by atoms with Gasteiger partial charge in [0.2, 0.25) is 11.8 Å². The van der Waals surface area contributed by atoms with E-state index in [1.165, 1.54) is 37.3 Å². The Morgan fingerprint density at radius 1 is 0.812 bits per heavy atom. The quantitative estimate of drug-likeness (QED) is 0.165. The highest BCUT2D eigenvalue weighted by atomic mass is 32.2. The first-order chi connectivity index (χ1) is 23.0. The number of sulfonamides is 1. The van der Waals surface area contributed by atoms with E-state index in [0.29, 0.717) is 12.2 Å². The molecule has 0 bridgehead atoms. The van der Waals surface area contributed by atoms with Crippen molar-refractivity contribution in [3.05, 3.63) is 119 Å². The molecule has 10 heteroatoms. The molecule has 4 aromatic rings. The normalized spacial score (nSPS) is 12.5. The van der Waals surface area contributed by atoms with E-state index in [4.69, 9.17) is 9.47 Å². The SMILES string of the molecule is CC[C@H](C)NC(=O)[C@@H](Cc1ccccc1)N(Cc1cccc(C)c1)C(=O)CN(c1cc(OC)ccc1OC)S(=O)(=O)c1ccc(C)cc1. The molecule has 4 rings (SSSR count). The number of carbonyl (C=O) groups is 2. The van der Waals surface area contributed by atoms with Gasteiger partial charge < -0.3 is 19.7 Å². The summed E-state index contributed by atoms with van der Waals surface area (Å²) in [7, 11) is -1.41. The van der Waals surface area contributed by atoms with Crippen molar-refractivity contribution in [3.63, 3.8) is 0 Å². The second-order valence-electron chi connectivity index (χ2n) is 11.9. The molecule has 1 N–H and O–H groups in total. The Kier molecular flexibility index (Phi) is 12.2. The first-order valence-electron chi connectivity index (χ1n) is 16.0. The number of anilines is 1. The molecule has 0 aromatic heterocycles. The lowest BCUT2D eigenvalue weighted by Gasteiger charge is -2.34. The van der Waals surface area contributed by atoms with Crippen molar-refractivity contribution in [2.45, 2.75) is 64.1 Å². The monoisotopic (exact) mass is 671 g/mol. The van der Waals surface area contributed by atoms with E-state index < -0.39 is 28.5 Å². The highest BCUT2D eigenvalue weighted by Gasteiger charge is 2.36. The van der Waals surface area contributed by atoms with Crippen LogP contribution in [0.25, 0.3) is 0 Å². The van der Waals surface area contributed by atoms with E-state index >= 15 is 0 Å². The van der Waals surface area contributed by atoms with Gasteiger partial charge in [0.25, 0.3) is 10.0 Å². The van der Waals surface area contributed by atoms with Gasteiger partial charge in [-0.05, 0) is 62.6 Å². The summed E-state index contributed by atoms with van der Waals surface area (Å²) < 4.78 is 40.9. The van der Waals surface area contributed by atoms with Crippen molar-refractivity contribution in [1.29, 1.82) is 0 Å². The minimum absolute atomic E-state index is 0.00589. The molecule has 0 heterocycles. The standard InChI is InChI=1S/C38H45N3O6S/c1-7-29(4)39-38(43)35(23-30-13-9-8-10-14-30)40(25-31-15-11-12-28(3)22-31)37(42)26-41(34-24-32(46-5)18-21-36(34)47-6)48(44,45)33-19-16-27(2)17-20-33/h8-22,24,29,35H,7,23,25-26H2,1-6H3,(H,39,43)/t29-,35+/m0/s1. The fourth-order valence-electron chi connectivity index (χ4n) is 5.34. The highest BCUT2D eigenvalue weighted by molar-refractivity contribution is 7.92. The van der Waals surface area contributed by atoms with Crippen LogP contribution >= 0.6 is 0 Å². The van der Waals surface area contributed by atoms with Crippen LogP contribution in [0, 0.1) is 13.8 Å². The largest absolute Gasteiger partial charge is 0.497 e. The summed E-state index contributed by atoms with van der Waals surface area (Å²) in [5, 5.41) is 3.06. The number of aryl methyl sites for hydroxylation is 2. The van der Waals surface area contributed by atoms with Crippen LogP contribution < -0.4 is 19.1 Å². The molecule has 0 saturated heterocycles. The Balaban J connectivity index is 1.87. The predicted molar refractivity (Wildman–Crippen MR) is 189 cm³/mol. The molecule has 0 aliphatic rings. The summed E-state index contributed by atoms with van der Waals surface area (Å²) in [6.07, 6.45) is 0.932. The third kappa shape index (κ3) is 8.95. The molecule has 4 aromatic carbocycles. The summed E-state index contributed by atoms with van der Waals surface area (Å²) in [5.74, 6) is -0.257. The highest BCUT2D eigenvalue weighted by Crippen LogP contribution is 2.36. The van der Waals surface area contributed by atoms with Gasteiger partial charge in [-0.2, -0.15) is 0 Å². The van der Waals surface area contributed by atoms with Gasteiger partial charge in [0.1, 0.15) is 24.1 Å². The van der Waals surface area contributed by atoms with Crippen molar-refractivity contribution in [2.24, 2.45) is 0 Å². The van der Waals surface area contributed by atoms with Gasteiger partial charge in [-0.1, -0.05) is 84.8 Å². The second kappa shape index (κ2) is 16.3. The lowest BCUT2D eigenvalue weighted by Crippen LogP contribution is -2.54. The number of nitrogens with zero attached hydrogens (tertiary/aromatic N) is 2. The maximum atomic E-state index is 14.8. The number of amides is 2. The first kappa shape index (κ1) is 36.0. The van der Waals surface area contributed by atoms with E-state index in [1.807, 2.05) is 82.3 Å². The number of hydrogen-bond acceptors (Lipinski definition) is 6. The molecule has 2 amide bonds. The average Bonchev–Trinajstić information content (AvgIpc) is 3.08. The molecule has 0 aliphatic carbocycles. The summed E-state index contributed by atoms with van der Waals surface area (Å²) in [5.41, 5.74) is 3.68. The molecule has 254 valence electrons. The molecule has 2 atom stereocenters. The lowest BCUT2D eigenvalue weighted by atomic mass is 10.0. The minimum Gasteiger partial charge on any atom is -0.497 e. The van der Waals surface area contributed by atoms with Crippen LogP contribution in [0.1, 0.15) is 42.5 Å². The van der Waals surface area contributed by atoms with E-state index in [9.17, 15) is 18.0 Å². The number of carbonyl (C=O) groups excluding carboxylic acids is 2. The summed E-state index contributed by atoms with van der Waals surface area (Å²) in [4.78, 5) is 30.3. The molecule has 0 fully saturated rings. The van der Waals surface area contributed by atoms with E-state index in [0.717, 1.165) is 26.6 Å².